The van der Waals surface area contributed by atoms with E-state index in [-0.39, 0.29) is 32.0 Å². The average Bonchev–Trinajstić information content (AvgIpc) is 2.97. The van der Waals surface area contributed by atoms with E-state index in [0.717, 1.165) is 0 Å². The molecule has 13 atom stereocenters. The number of carbonyl (C=O) groups excluding carboxylic acids is 1. The van der Waals surface area contributed by atoms with Crippen LogP contribution in [0.2, 0.25) is 0 Å². The molecule has 18 heteroatoms. The number of hydrogen-bond acceptors (Lipinski definition) is 15. The summed E-state index contributed by atoms with van der Waals surface area (Å²) in [7, 11) is 1.57. The fourth-order valence-corrected chi connectivity index (χ4v) is 6.34. The van der Waals surface area contributed by atoms with Crippen LogP contribution in [0.5, 0.6) is 0 Å². The second-order valence-electron chi connectivity index (χ2n) is 12.6. The van der Waals surface area contributed by atoms with Gasteiger partial charge in [-0.2, -0.15) is 0 Å². The topological polar surface area (TPSA) is 324 Å². The minimum atomic E-state index is -1.48. The summed E-state index contributed by atoms with van der Waals surface area (Å²) in [5.41, 5.74) is 27.8. The van der Waals surface area contributed by atoms with Crippen molar-refractivity contribution in [3.63, 3.8) is 0 Å². The molecular formula is C28H55N9O9. The molecule has 13 unspecified atom stereocenters. The summed E-state index contributed by atoms with van der Waals surface area (Å²) in [5, 5.41) is 62.7. The Bertz CT molecular complexity index is 1030. The summed E-state index contributed by atoms with van der Waals surface area (Å²) in [4.78, 5) is 16.8. The molecule has 0 bridgehead atoms. The van der Waals surface area contributed by atoms with Crippen LogP contribution in [-0.2, 0) is 19.0 Å². The first-order chi connectivity index (χ1) is 21.7. The summed E-state index contributed by atoms with van der Waals surface area (Å²) in [6, 6.07) is -3.05. The summed E-state index contributed by atoms with van der Waals surface area (Å²) in [6.45, 7) is 2.28. The van der Waals surface area contributed by atoms with Crippen molar-refractivity contribution in [2.24, 2.45) is 39.6 Å². The highest BCUT2D eigenvalue weighted by atomic mass is 16.7. The monoisotopic (exact) mass is 661 g/mol. The van der Waals surface area contributed by atoms with E-state index >= 15 is 0 Å². The van der Waals surface area contributed by atoms with Crippen LogP contribution in [0.4, 0.5) is 0 Å². The van der Waals surface area contributed by atoms with E-state index in [1.54, 1.807) is 7.05 Å². The fraction of sp³-hybridized carbons (Fsp3) is 0.857. The third-order valence-corrected chi connectivity index (χ3v) is 8.79. The Hall–Kier alpha value is -2.20. The van der Waals surface area contributed by atoms with Crippen LogP contribution < -0.4 is 44.6 Å². The summed E-state index contributed by atoms with van der Waals surface area (Å²) in [5.74, 6) is -1.16. The van der Waals surface area contributed by atoms with Gasteiger partial charge in [-0.1, -0.05) is 0 Å². The first-order valence-corrected chi connectivity index (χ1v) is 15.7. The molecule has 18 N–H and O–H groups in total. The lowest BCUT2D eigenvalue weighted by Crippen LogP contribution is -2.69. The number of carbonyl (C=O) groups is 1. The number of hydrogen-bond donors (Lipinski definition) is 13. The Morgan fingerprint density at radius 2 is 1.91 bits per heavy atom. The summed E-state index contributed by atoms with van der Waals surface area (Å²) < 4.78 is 18.1. The number of amides is 1. The molecule has 1 saturated heterocycles. The van der Waals surface area contributed by atoms with Gasteiger partial charge in [0, 0.05) is 37.5 Å². The molecule has 0 aromatic heterocycles. The maximum atomic E-state index is 13.0. The number of aliphatic hydroxyl groups excluding tert-OH is 4. The second-order valence-corrected chi connectivity index (χ2v) is 12.6. The zero-order chi connectivity index (χ0) is 34.2. The van der Waals surface area contributed by atoms with Crippen molar-refractivity contribution in [2.75, 3.05) is 39.8 Å². The van der Waals surface area contributed by atoms with Crippen LogP contribution in [0.3, 0.4) is 0 Å². The van der Waals surface area contributed by atoms with Crippen molar-refractivity contribution in [1.82, 2.24) is 16.0 Å². The lowest BCUT2D eigenvalue weighted by atomic mass is 9.72. The molecular weight excluding hydrogens is 606 g/mol. The molecule has 0 aromatic rings. The van der Waals surface area contributed by atoms with Gasteiger partial charge in [-0.25, -0.2) is 0 Å². The molecule has 266 valence electrons. The number of nitrogens with two attached hydrogens (primary N) is 5. The minimum absolute atomic E-state index is 0.00671. The SMILES string of the molecule is CNC1C(O)C(OC2C(NC(=O)C(O)CCN=C(N)N)CC(N)C(C3OC(CNCC(O)CCN)=CCC3N)C2O)OCC1(C)O. The van der Waals surface area contributed by atoms with Gasteiger partial charge in [-0.15, -0.1) is 0 Å². The minimum Gasteiger partial charge on any atom is -0.492 e. The largest absolute Gasteiger partial charge is 0.492 e. The molecule has 1 aliphatic carbocycles. The molecule has 0 spiro atoms. The second kappa shape index (κ2) is 17.3. The fourth-order valence-electron chi connectivity index (χ4n) is 6.34. The lowest BCUT2D eigenvalue weighted by Gasteiger charge is -2.50. The average molecular weight is 662 g/mol. The lowest BCUT2D eigenvalue weighted by molar-refractivity contribution is -0.297. The Balaban J connectivity index is 1.80. The number of aliphatic imine (C=N–C) groups is 1. The zero-order valence-electron chi connectivity index (χ0n) is 26.6. The van der Waals surface area contributed by atoms with E-state index in [9.17, 15) is 30.3 Å². The van der Waals surface area contributed by atoms with Crippen molar-refractivity contribution >= 4 is 11.9 Å². The molecule has 1 saturated carbocycles. The van der Waals surface area contributed by atoms with Gasteiger partial charge in [0.05, 0.1) is 37.4 Å². The van der Waals surface area contributed by atoms with E-state index < -0.39 is 84.5 Å². The van der Waals surface area contributed by atoms with Gasteiger partial charge in [-0.05, 0) is 45.9 Å². The number of ether oxygens (including phenoxy) is 3. The number of aliphatic hydroxyl groups is 5. The predicted octanol–water partition coefficient (Wildman–Crippen LogP) is -6.06. The summed E-state index contributed by atoms with van der Waals surface area (Å²) in [6.07, 6.45) is -5.36. The molecule has 18 nitrogen and oxygen atoms in total. The molecule has 2 fully saturated rings. The summed E-state index contributed by atoms with van der Waals surface area (Å²) >= 11 is 0. The molecule has 3 aliphatic rings. The molecule has 2 aliphatic heterocycles. The predicted molar refractivity (Wildman–Crippen MR) is 168 cm³/mol. The molecule has 2 heterocycles. The molecule has 46 heavy (non-hydrogen) atoms. The van der Waals surface area contributed by atoms with Gasteiger partial charge in [0.15, 0.2) is 12.2 Å². The van der Waals surface area contributed by atoms with Crippen molar-refractivity contribution in [2.45, 2.75) is 105 Å². The van der Waals surface area contributed by atoms with E-state index in [2.05, 4.69) is 20.9 Å². The first-order valence-electron chi connectivity index (χ1n) is 15.7. The molecule has 1 amide bonds. The van der Waals surface area contributed by atoms with Crippen molar-refractivity contribution in [3.05, 3.63) is 11.8 Å². The smallest absolute Gasteiger partial charge is 0.249 e. The molecule has 0 aromatic carbocycles. The third-order valence-electron chi connectivity index (χ3n) is 8.79. The first kappa shape index (κ1) is 38.2. The Labute approximate surface area is 269 Å². The van der Waals surface area contributed by atoms with Crippen LogP contribution in [-0.4, -0.2) is 150 Å². The molecule has 0 radical (unpaired) electrons. The normalized spacial score (nSPS) is 37.8. The van der Waals surface area contributed by atoms with Gasteiger partial charge in [-0.3, -0.25) is 9.79 Å². The highest BCUT2D eigenvalue weighted by molar-refractivity contribution is 5.81. The van der Waals surface area contributed by atoms with Crippen molar-refractivity contribution in [1.29, 1.82) is 0 Å². The van der Waals surface area contributed by atoms with E-state index in [4.69, 9.17) is 42.9 Å². The highest BCUT2D eigenvalue weighted by Gasteiger charge is 2.53. The van der Waals surface area contributed by atoms with E-state index in [0.29, 0.717) is 38.2 Å². The van der Waals surface area contributed by atoms with Crippen LogP contribution in [0.25, 0.3) is 0 Å². The van der Waals surface area contributed by atoms with Gasteiger partial charge in [0.25, 0.3) is 0 Å². The van der Waals surface area contributed by atoms with Crippen molar-refractivity contribution in [3.8, 4) is 0 Å². The Morgan fingerprint density at radius 3 is 2.57 bits per heavy atom. The van der Waals surface area contributed by atoms with E-state index in [1.807, 2.05) is 6.08 Å². The number of rotatable bonds is 15. The van der Waals surface area contributed by atoms with Crippen LogP contribution in [0.1, 0.15) is 32.6 Å². The van der Waals surface area contributed by atoms with Gasteiger partial charge < -0.3 is 84.4 Å². The maximum Gasteiger partial charge on any atom is 0.249 e. The van der Waals surface area contributed by atoms with Crippen molar-refractivity contribution < 1.29 is 44.5 Å². The quantitative estimate of drug-likeness (QED) is 0.0573. The standard InChI is InChI=1S/C28H55N9O9/c1-28(43)12-44-26(21(41)24(28)34-2)46-23-17(37-25(42)18(39)6-8-36-27(32)33)9-16(31)19(20(23)40)22-15(30)4-3-14(45-22)11-35-10-13(38)5-7-29/h3,13,15-24,26,34-35,38-41,43H,4-12,29-31H2,1-2H3,(H,37,42)(H4,32,33,36). The number of nitrogens with one attached hydrogen (secondary N) is 3. The molecule has 3 rings (SSSR count). The highest BCUT2D eigenvalue weighted by Crippen LogP contribution is 2.36. The maximum absolute atomic E-state index is 13.0. The van der Waals surface area contributed by atoms with Crippen LogP contribution >= 0.6 is 0 Å². The van der Waals surface area contributed by atoms with Crippen LogP contribution in [0.15, 0.2) is 16.8 Å². The zero-order valence-corrected chi connectivity index (χ0v) is 26.6. The Kier molecular flexibility index (Phi) is 14.4. The third kappa shape index (κ3) is 9.91. The van der Waals surface area contributed by atoms with E-state index in [1.165, 1.54) is 6.92 Å². The van der Waals surface area contributed by atoms with Gasteiger partial charge >= 0.3 is 0 Å². The Morgan fingerprint density at radius 1 is 1.20 bits per heavy atom. The number of guanidine groups is 1. The number of nitrogens with zero attached hydrogens (tertiary/aromatic N) is 1. The van der Waals surface area contributed by atoms with Gasteiger partial charge in [0.2, 0.25) is 5.91 Å². The van der Waals surface area contributed by atoms with Gasteiger partial charge in [0.1, 0.15) is 35.8 Å². The number of likely N-dealkylation sites (N-methyl/N-ethyl adjacent to an activating group) is 1. The van der Waals surface area contributed by atoms with Crippen LogP contribution in [0, 0.1) is 5.92 Å².